The number of nitrogens with zero attached hydrogens (tertiary/aromatic N) is 4. The fourth-order valence-electron chi connectivity index (χ4n) is 4.30. The van der Waals surface area contributed by atoms with Gasteiger partial charge in [-0.15, -0.1) is 0 Å². The van der Waals surface area contributed by atoms with Crippen LogP contribution in [0.15, 0.2) is 48.8 Å². The van der Waals surface area contributed by atoms with Crippen LogP contribution in [-0.4, -0.2) is 45.0 Å². The molecule has 9 heteroatoms. The molecule has 5 rings (SSSR count). The van der Waals surface area contributed by atoms with E-state index >= 15 is 4.39 Å². The van der Waals surface area contributed by atoms with Crippen LogP contribution in [0, 0.1) is 17.7 Å². The number of H-pyrrole nitrogens is 1. The number of carbonyl (C=O) groups is 1. The Morgan fingerprint density at radius 1 is 1.32 bits per heavy atom. The van der Waals surface area contributed by atoms with E-state index in [0.717, 1.165) is 17.5 Å². The number of carbonyl (C=O) groups excluding carboxylic acids is 1. The molecule has 2 heterocycles. The van der Waals surface area contributed by atoms with Crippen molar-refractivity contribution in [2.45, 2.75) is 12.3 Å². The molecule has 31 heavy (non-hydrogen) atoms. The van der Waals surface area contributed by atoms with Gasteiger partial charge in [0.25, 0.3) is 0 Å². The van der Waals surface area contributed by atoms with Crippen LogP contribution >= 0.6 is 0 Å². The molecular formula is C22H21FN6O2. The lowest BCUT2D eigenvalue weighted by molar-refractivity contribution is -0.109. The number of aromatic nitrogens is 5. The number of fused-ring (bicyclic) bond motifs is 1. The van der Waals surface area contributed by atoms with Crippen LogP contribution in [0.5, 0.6) is 5.75 Å². The van der Waals surface area contributed by atoms with Crippen molar-refractivity contribution in [2.24, 2.45) is 11.8 Å². The second kappa shape index (κ2) is 7.82. The zero-order chi connectivity index (χ0) is 21.4. The molecule has 158 valence electrons. The molecule has 2 aromatic heterocycles. The molecule has 0 aliphatic heterocycles. The first-order valence-electron chi connectivity index (χ1n) is 10.1. The predicted molar refractivity (Wildman–Crippen MR) is 111 cm³/mol. The first kappa shape index (κ1) is 19.2. The van der Waals surface area contributed by atoms with Crippen molar-refractivity contribution in [3.63, 3.8) is 0 Å². The van der Waals surface area contributed by atoms with E-state index in [-0.39, 0.29) is 23.6 Å². The van der Waals surface area contributed by atoms with Crippen molar-refractivity contribution in [3.05, 3.63) is 66.0 Å². The fourth-order valence-corrected chi connectivity index (χ4v) is 4.30. The quantitative estimate of drug-likeness (QED) is 0.427. The largest absolute Gasteiger partial charge is 0.497 e. The van der Waals surface area contributed by atoms with Gasteiger partial charge in [0.1, 0.15) is 17.4 Å². The van der Waals surface area contributed by atoms with Crippen LogP contribution in [0.2, 0.25) is 0 Å². The van der Waals surface area contributed by atoms with E-state index in [1.165, 1.54) is 10.9 Å². The Kier molecular flexibility index (Phi) is 4.85. The summed E-state index contributed by atoms with van der Waals surface area (Å²) in [6, 6.07) is 10.5. The van der Waals surface area contributed by atoms with E-state index in [1.54, 1.807) is 31.6 Å². The van der Waals surface area contributed by atoms with E-state index in [9.17, 15) is 4.79 Å². The third kappa shape index (κ3) is 3.52. The minimum Gasteiger partial charge on any atom is -0.497 e. The Balaban J connectivity index is 1.64. The summed E-state index contributed by atoms with van der Waals surface area (Å²) >= 11 is 0. The second-order valence-corrected chi connectivity index (χ2v) is 7.66. The molecule has 0 bridgehead atoms. The Morgan fingerprint density at radius 2 is 2.16 bits per heavy atom. The summed E-state index contributed by atoms with van der Waals surface area (Å²) in [6.07, 6.45) is 4.67. The van der Waals surface area contributed by atoms with Crippen molar-refractivity contribution in [1.29, 1.82) is 0 Å². The molecule has 8 nitrogen and oxygen atoms in total. The summed E-state index contributed by atoms with van der Waals surface area (Å²) in [7, 11) is 1.61. The summed E-state index contributed by atoms with van der Waals surface area (Å²) < 4.78 is 20.6. The number of amides is 1. The van der Waals surface area contributed by atoms with Crippen LogP contribution in [0.25, 0.3) is 16.7 Å². The zero-order valence-electron chi connectivity index (χ0n) is 16.8. The van der Waals surface area contributed by atoms with E-state index in [0.29, 0.717) is 35.8 Å². The molecule has 0 radical (unpaired) electrons. The molecule has 3 unspecified atom stereocenters. The first-order valence-corrected chi connectivity index (χ1v) is 10.1. The van der Waals surface area contributed by atoms with Crippen molar-refractivity contribution in [1.82, 2.24) is 30.3 Å². The minimum atomic E-state index is -0.348. The molecule has 2 aromatic carbocycles. The molecule has 2 N–H and O–H groups in total. The smallest absolute Gasteiger partial charge is 0.207 e. The molecule has 3 atom stereocenters. The highest BCUT2D eigenvalue weighted by Crippen LogP contribution is 2.52. The van der Waals surface area contributed by atoms with Gasteiger partial charge in [-0.1, -0.05) is 6.07 Å². The van der Waals surface area contributed by atoms with Gasteiger partial charge in [0.2, 0.25) is 6.41 Å². The van der Waals surface area contributed by atoms with Crippen LogP contribution in [0.4, 0.5) is 4.39 Å². The highest BCUT2D eigenvalue weighted by molar-refractivity contribution is 5.77. The highest BCUT2D eigenvalue weighted by Gasteiger charge is 2.47. The number of halogens is 1. The van der Waals surface area contributed by atoms with E-state index in [4.69, 9.17) is 9.72 Å². The summed E-state index contributed by atoms with van der Waals surface area (Å²) in [5, 5.41) is 11.2. The monoisotopic (exact) mass is 420 g/mol. The van der Waals surface area contributed by atoms with Crippen LogP contribution in [0.3, 0.4) is 0 Å². The molecule has 1 aliphatic carbocycles. The molecule has 1 saturated carbocycles. The Bertz CT molecular complexity index is 1220. The fraction of sp³-hybridized carbons (Fsp3) is 0.273. The van der Waals surface area contributed by atoms with Crippen LogP contribution in [-0.2, 0) is 4.79 Å². The lowest BCUT2D eigenvalue weighted by Crippen LogP contribution is -2.18. The SMILES string of the molecule is COc1ccc2nc(C(c3c(F)cccc3-n3nccn3)C3CC3CNC=O)[nH]c2c1. The maximum Gasteiger partial charge on any atom is 0.207 e. The number of imidazole rings is 1. The Labute approximate surface area is 177 Å². The molecule has 0 saturated heterocycles. The first-order chi connectivity index (χ1) is 15.2. The van der Waals surface area contributed by atoms with Crippen molar-refractivity contribution >= 4 is 17.4 Å². The number of hydrogen-bond acceptors (Lipinski definition) is 5. The number of hydrogen-bond donors (Lipinski definition) is 2. The molecular weight excluding hydrogens is 399 g/mol. The average Bonchev–Trinajstić information content (AvgIpc) is 3.16. The Morgan fingerprint density at radius 3 is 2.94 bits per heavy atom. The van der Waals surface area contributed by atoms with Gasteiger partial charge in [0.15, 0.2) is 0 Å². The molecule has 0 spiro atoms. The van der Waals surface area contributed by atoms with Crippen LogP contribution < -0.4 is 10.1 Å². The lowest BCUT2D eigenvalue weighted by Gasteiger charge is -2.19. The summed E-state index contributed by atoms with van der Waals surface area (Å²) in [4.78, 5) is 20.4. The summed E-state index contributed by atoms with van der Waals surface area (Å²) in [5.41, 5.74) is 2.65. The summed E-state index contributed by atoms with van der Waals surface area (Å²) in [5.74, 6) is 1.04. The van der Waals surface area contributed by atoms with Gasteiger partial charge >= 0.3 is 0 Å². The van der Waals surface area contributed by atoms with Gasteiger partial charge in [0.05, 0.1) is 42.1 Å². The normalized spacial score (nSPS) is 18.6. The number of benzene rings is 2. The molecule has 4 aromatic rings. The van der Waals surface area contributed by atoms with E-state index < -0.39 is 0 Å². The standard InChI is InChI=1S/C22H21FN6O2/c1-31-14-5-6-17-18(10-14)28-22(27-17)20(15-9-13(15)11-24-12-30)21-16(23)3-2-4-19(21)29-25-7-8-26-29/h2-8,10,12-13,15,20H,9,11H2,1H3,(H,24,30)(H,27,28). The second-order valence-electron chi connectivity index (χ2n) is 7.66. The van der Waals surface area contributed by atoms with Crippen molar-refractivity contribution in [2.75, 3.05) is 13.7 Å². The van der Waals surface area contributed by atoms with Gasteiger partial charge in [-0.25, -0.2) is 9.37 Å². The minimum absolute atomic E-state index is 0.112. The maximum absolute atomic E-state index is 15.3. The molecule has 1 amide bonds. The van der Waals surface area contributed by atoms with Gasteiger partial charge in [-0.05, 0) is 42.5 Å². The van der Waals surface area contributed by atoms with Gasteiger partial charge < -0.3 is 15.0 Å². The van der Waals surface area contributed by atoms with Crippen molar-refractivity contribution in [3.8, 4) is 11.4 Å². The summed E-state index contributed by atoms with van der Waals surface area (Å²) in [6.45, 7) is 0.544. The average molecular weight is 420 g/mol. The predicted octanol–water partition coefficient (Wildman–Crippen LogP) is 2.81. The van der Waals surface area contributed by atoms with E-state index in [1.807, 2.05) is 18.2 Å². The lowest BCUT2D eigenvalue weighted by atomic mass is 9.90. The van der Waals surface area contributed by atoms with Gasteiger partial charge in [-0.3, -0.25) is 4.79 Å². The third-order valence-electron chi connectivity index (χ3n) is 5.85. The van der Waals surface area contributed by atoms with Gasteiger partial charge in [-0.2, -0.15) is 15.0 Å². The number of rotatable bonds is 8. The third-order valence-corrected chi connectivity index (χ3v) is 5.85. The highest BCUT2D eigenvalue weighted by atomic mass is 19.1. The number of aromatic amines is 1. The molecule has 1 aliphatic rings. The van der Waals surface area contributed by atoms with Crippen molar-refractivity contribution < 1.29 is 13.9 Å². The maximum atomic E-state index is 15.3. The number of ether oxygens (including phenoxy) is 1. The zero-order valence-corrected chi connectivity index (χ0v) is 16.8. The Hall–Kier alpha value is -3.75. The van der Waals surface area contributed by atoms with Crippen LogP contribution in [0.1, 0.15) is 23.7 Å². The topological polar surface area (TPSA) is 97.7 Å². The van der Waals surface area contributed by atoms with E-state index in [2.05, 4.69) is 20.5 Å². The number of nitrogens with one attached hydrogen (secondary N) is 2. The molecule has 1 fully saturated rings. The number of methoxy groups -OCH3 is 1. The van der Waals surface area contributed by atoms with Gasteiger partial charge in [0, 0.05) is 18.2 Å².